The number of benzene rings is 2. The Labute approximate surface area is 197 Å². The summed E-state index contributed by atoms with van der Waals surface area (Å²) in [5.74, 6) is 0.417. The Bertz CT molecular complexity index is 1120. The van der Waals surface area contributed by atoms with Crippen LogP contribution in [0, 0.1) is 6.92 Å². The van der Waals surface area contributed by atoms with Gasteiger partial charge in [-0.2, -0.15) is 0 Å². The van der Waals surface area contributed by atoms with E-state index in [1.54, 1.807) is 4.90 Å². The number of amides is 3. The van der Waals surface area contributed by atoms with Gasteiger partial charge in [0.15, 0.2) is 0 Å². The van der Waals surface area contributed by atoms with Crippen molar-refractivity contribution in [3.8, 4) is 5.75 Å². The van der Waals surface area contributed by atoms with Gasteiger partial charge in [-0.05, 0) is 51.0 Å². The molecule has 0 bridgehead atoms. The zero-order chi connectivity index (χ0) is 23.2. The van der Waals surface area contributed by atoms with E-state index in [1.165, 1.54) is 11.3 Å². The number of rotatable bonds is 6. The van der Waals surface area contributed by atoms with Crippen LogP contribution in [-0.2, 0) is 0 Å². The van der Waals surface area contributed by atoms with Gasteiger partial charge in [-0.3, -0.25) is 4.79 Å². The fraction of sp³-hybridized carbons (Fsp3) is 0.333. The zero-order valence-electron chi connectivity index (χ0n) is 18.7. The predicted octanol–water partition coefficient (Wildman–Crippen LogP) is 4.91. The molecule has 0 aliphatic carbocycles. The van der Waals surface area contributed by atoms with Gasteiger partial charge in [-0.15, -0.1) is 10.2 Å². The first kappa shape index (κ1) is 22.7. The molecular formula is C24H27N5O3S. The number of aryl methyl sites for hydroxylation is 1. The van der Waals surface area contributed by atoms with Crippen LogP contribution in [0.1, 0.15) is 46.1 Å². The smallest absolute Gasteiger partial charge is 0.321 e. The Balaban J connectivity index is 1.38. The molecule has 0 unspecified atom stereocenters. The molecule has 1 aliphatic heterocycles. The zero-order valence-corrected chi connectivity index (χ0v) is 19.5. The van der Waals surface area contributed by atoms with E-state index < -0.39 is 0 Å². The van der Waals surface area contributed by atoms with Crippen molar-refractivity contribution in [1.29, 1.82) is 0 Å². The highest BCUT2D eigenvalue weighted by Gasteiger charge is 2.28. The molecule has 1 aromatic heterocycles. The summed E-state index contributed by atoms with van der Waals surface area (Å²) < 4.78 is 5.60. The molecule has 0 spiro atoms. The third-order valence-corrected chi connectivity index (χ3v) is 6.52. The van der Waals surface area contributed by atoms with E-state index in [0.29, 0.717) is 36.1 Å². The maximum Gasteiger partial charge on any atom is 0.321 e. The molecule has 2 N–H and O–H groups in total. The van der Waals surface area contributed by atoms with Gasteiger partial charge < -0.3 is 20.3 Å². The molecule has 1 fully saturated rings. The Hall–Kier alpha value is -3.46. The van der Waals surface area contributed by atoms with Gasteiger partial charge in [0.1, 0.15) is 10.8 Å². The fourth-order valence-corrected chi connectivity index (χ4v) is 4.59. The minimum absolute atomic E-state index is 0.0464. The first-order valence-corrected chi connectivity index (χ1v) is 11.8. The normalized spacial score (nSPS) is 15.7. The Morgan fingerprint density at radius 1 is 1.12 bits per heavy atom. The summed E-state index contributed by atoms with van der Waals surface area (Å²) in [6, 6.07) is 14.8. The van der Waals surface area contributed by atoms with Crippen molar-refractivity contribution in [2.45, 2.75) is 32.6 Å². The number of carbonyl (C=O) groups excluding carboxylic acids is 2. The second-order valence-corrected chi connectivity index (χ2v) is 8.92. The molecule has 1 saturated heterocycles. The second kappa shape index (κ2) is 10.4. The molecule has 9 heteroatoms. The Morgan fingerprint density at radius 3 is 2.70 bits per heavy atom. The number of ether oxygens (including phenoxy) is 1. The first-order valence-electron chi connectivity index (χ1n) is 11.0. The quantitative estimate of drug-likeness (QED) is 0.539. The number of likely N-dealkylation sites (tertiary alicyclic amines) is 1. The number of urea groups is 1. The minimum atomic E-state index is -0.277. The lowest BCUT2D eigenvalue weighted by Gasteiger charge is -2.31. The molecule has 3 amide bonds. The van der Waals surface area contributed by atoms with Gasteiger partial charge in [0, 0.05) is 24.7 Å². The number of para-hydroxylation sites is 2. The van der Waals surface area contributed by atoms with E-state index >= 15 is 0 Å². The molecule has 4 rings (SSSR count). The van der Waals surface area contributed by atoms with Crippen molar-refractivity contribution in [2.75, 3.05) is 30.3 Å². The summed E-state index contributed by atoms with van der Waals surface area (Å²) >= 11 is 1.28. The third-order valence-electron chi connectivity index (χ3n) is 5.43. The number of hydrogen-bond acceptors (Lipinski definition) is 6. The average molecular weight is 466 g/mol. The third kappa shape index (κ3) is 5.67. The molecule has 1 aliphatic rings. The lowest BCUT2D eigenvalue weighted by Crippen LogP contribution is -2.41. The highest BCUT2D eigenvalue weighted by molar-refractivity contribution is 7.13. The van der Waals surface area contributed by atoms with E-state index in [4.69, 9.17) is 4.74 Å². The van der Waals surface area contributed by atoms with E-state index in [-0.39, 0.29) is 17.9 Å². The van der Waals surface area contributed by atoms with Gasteiger partial charge >= 0.3 is 6.03 Å². The standard InChI is InChI=1S/C24H27N5O3S/c1-3-32-20-9-5-4-8-19(20)26-24(31)29-14-6-7-17(15-29)22-27-28-23(33-22)21(30)25-18-12-10-16(2)11-13-18/h4-5,8-13,17H,3,6-7,14-15H2,1-2H3,(H,25,30)(H,26,31)/t17-/m0/s1. The average Bonchev–Trinajstić information content (AvgIpc) is 3.33. The number of nitrogens with zero attached hydrogens (tertiary/aromatic N) is 3. The molecule has 2 heterocycles. The molecular weight excluding hydrogens is 438 g/mol. The number of aromatic nitrogens is 2. The van der Waals surface area contributed by atoms with Crippen molar-refractivity contribution >= 4 is 34.6 Å². The monoisotopic (exact) mass is 465 g/mol. The van der Waals surface area contributed by atoms with Crippen LogP contribution >= 0.6 is 11.3 Å². The van der Waals surface area contributed by atoms with Gasteiger partial charge in [-0.1, -0.05) is 41.2 Å². The van der Waals surface area contributed by atoms with Crippen LogP contribution in [0.4, 0.5) is 16.2 Å². The van der Waals surface area contributed by atoms with Gasteiger partial charge in [0.05, 0.1) is 12.3 Å². The molecule has 3 aromatic rings. The molecule has 0 saturated carbocycles. The topological polar surface area (TPSA) is 96.4 Å². The molecule has 0 radical (unpaired) electrons. The number of anilines is 2. The van der Waals surface area contributed by atoms with E-state index in [0.717, 1.165) is 29.1 Å². The van der Waals surface area contributed by atoms with Crippen LogP contribution in [-0.4, -0.2) is 46.7 Å². The van der Waals surface area contributed by atoms with Gasteiger partial charge in [0.2, 0.25) is 5.01 Å². The van der Waals surface area contributed by atoms with Gasteiger partial charge in [0.25, 0.3) is 5.91 Å². The van der Waals surface area contributed by atoms with Crippen molar-refractivity contribution < 1.29 is 14.3 Å². The summed E-state index contributed by atoms with van der Waals surface area (Å²) in [4.78, 5) is 27.3. The highest BCUT2D eigenvalue weighted by atomic mass is 32.1. The first-order chi connectivity index (χ1) is 16.0. The maximum absolute atomic E-state index is 12.9. The summed E-state index contributed by atoms with van der Waals surface area (Å²) in [5, 5.41) is 15.3. The summed E-state index contributed by atoms with van der Waals surface area (Å²) in [6.45, 7) is 5.62. The number of piperidine rings is 1. The number of hydrogen-bond donors (Lipinski definition) is 2. The molecule has 2 aromatic carbocycles. The maximum atomic E-state index is 12.9. The largest absolute Gasteiger partial charge is 0.492 e. The number of carbonyl (C=O) groups is 2. The SMILES string of the molecule is CCOc1ccccc1NC(=O)N1CCC[C@H](c2nnc(C(=O)Nc3ccc(C)cc3)s2)C1. The lowest BCUT2D eigenvalue weighted by atomic mass is 9.99. The fourth-order valence-electron chi connectivity index (χ4n) is 3.72. The van der Waals surface area contributed by atoms with Crippen molar-refractivity contribution in [2.24, 2.45) is 0 Å². The van der Waals surface area contributed by atoms with Crippen LogP contribution in [0.25, 0.3) is 0 Å². The second-order valence-electron chi connectivity index (χ2n) is 7.91. The van der Waals surface area contributed by atoms with Crippen molar-refractivity contribution in [3.63, 3.8) is 0 Å². The Morgan fingerprint density at radius 2 is 1.91 bits per heavy atom. The highest BCUT2D eigenvalue weighted by Crippen LogP contribution is 2.30. The molecule has 8 nitrogen and oxygen atoms in total. The van der Waals surface area contributed by atoms with E-state index in [2.05, 4.69) is 20.8 Å². The number of nitrogens with one attached hydrogen (secondary N) is 2. The molecule has 172 valence electrons. The van der Waals surface area contributed by atoms with E-state index in [9.17, 15) is 9.59 Å². The van der Waals surface area contributed by atoms with Crippen LogP contribution < -0.4 is 15.4 Å². The lowest BCUT2D eigenvalue weighted by molar-refractivity contribution is 0.102. The predicted molar refractivity (Wildman–Crippen MR) is 129 cm³/mol. The minimum Gasteiger partial charge on any atom is -0.492 e. The summed E-state index contributed by atoms with van der Waals surface area (Å²) in [7, 11) is 0. The Kier molecular flexibility index (Phi) is 7.19. The molecule has 1 atom stereocenters. The molecule has 33 heavy (non-hydrogen) atoms. The summed E-state index contributed by atoms with van der Waals surface area (Å²) in [6.07, 6.45) is 1.75. The van der Waals surface area contributed by atoms with E-state index in [1.807, 2.05) is 62.4 Å². The summed E-state index contributed by atoms with van der Waals surface area (Å²) in [5.41, 5.74) is 2.49. The van der Waals surface area contributed by atoms with Crippen LogP contribution in [0.5, 0.6) is 5.75 Å². The van der Waals surface area contributed by atoms with Gasteiger partial charge in [-0.25, -0.2) is 4.79 Å². The van der Waals surface area contributed by atoms with Crippen LogP contribution in [0.2, 0.25) is 0 Å². The van der Waals surface area contributed by atoms with Crippen molar-refractivity contribution in [3.05, 3.63) is 64.1 Å². The van der Waals surface area contributed by atoms with Crippen molar-refractivity contribution in [1.82, 2.24) is 15.1 Å². The van der Waals surface area contributed by atoms with Crippen LogP contribution in [0.15, 0.2) is 48.5 Å². The van der Waals surface area contributed by atoms with Crippen LogP contribution in [0.3, 0.4) is 0 Å².